The van der Waals surface area contributed by atoms with Gasteiger partial charge in [0.2, 0.25) is 0 Å². The zero-order valence-corrected chi connectivity index (χ0v) is 13.1. The number of rotatable bonds is 2. The first-order chi connectivity index (χ1) is 10.2. The minimum Gasteiger partial charge on any atom is -0.312 e. The molecule has 2 heterocycles. The molecule has 2 atom stereocenters. The van der Waals surface area contributed by atoms with Crippen LogP contribution in [-0.2, 0) is 0 Å². The number of piperidine rings is 1. The van der Waals surface area contributed by atoms with Gasteiger partial charge in [0.15, 0.2) is 0 Å². The van der Waals surface area contributed by atoms with Crippen molar-refractivity contribution in [1.82, 2.24) is 10.2 Å². The minimum atomic E-state index is -0.153. The summed E-state index contributed by atoms with van der Waals surface area (Å²) in [5.41, 5.74) is 1.08. The third-order valence-electron chi connectivity index (χ3n) is 4.19. The van der Waals surface area contributed by atoms with Crippen LogP contribution < -0.4 is 5.32 Å². The number of nitrogens with one attached hydrogen (secondary N) is 1. The lowest BCUT2D eigenvalue weighted by Gasteiger charge is -2.32. The van der Waals surface area contributed by atoms with E-state index < -0.39 is 0 Å². The highest BCUT2D eigenvalue weighted by molar-refractivity contribution is 6.21. The van der Waals surface area contributed by atoms with Gasteiger partial charge in [0.05, 0.1) is 11.1 Å². The van der Waals surface area contributed by atoms with Crippen LogP contribution in [0, 0.1) is 5.92 Å². The van der Waals surface area contributed by atoms with Crippen molar-refractivity contribution in [2.75, 3.05) is 13.1 Å². The van der Waals surface area contributed by atoms with Gasteiger partial charge in [-0.1, -0.05) is 32.9 Å². The van der Waals surface area contributed by atoms with Gasteiger partial charge in [-0.25, -0.2) is 0 Å². The quantitative estimate of drug-likeness (QED) is 0.852. The summed E-state index contributed by atoms with van der Waals surface area (Å²) in [7, 11) is 0. The topological polar surface area (TPSA) is 49.4 Å². The lowest BCUT2D eigenvalue weighted by atomic mass is 9.92. The number of fused-ring (bicyclic) bond motifs is 1. The van der Waals surface area contributed by atoms with Gasteiger partial charge in [0, 0.05) is 14.0 Å². The van der Waals surface area contributed by atoms with Crippen molar-refractivity contribution in [3.8, 4) is 0 Å². The van der Waals surface area contributed by atoms with Crippen LogP contribution in [-0.4, -0.2) is 35.8 Å². The van der Waals surface area contributed by atoms with Crippen molar-refractivity contribution in [1.29, 1.82) is 0 Å². The van der Waals surface area contributed by atoms with Crippen molar-refractivity contribution in [2.24, 2.45) is 5.92 Å². The third kappa shape index (κ3) is 3.00. The highest BCUT2D eigenvalue weighted by atomic mass is 16.2. The molecular weight excluding hydrogens is 264 g/mol. The van der Waals surface area contributed by atoms with E-state index >= 15 is 0 Å². The first-order valence-electron chi connectivity index (χ1n) is 7.87. The number of hydrogen-bond donors (Lipinski definition) is 1. The number of nitrogens with zero attached hydrogens (tertiary/aromatic N) is 1. The SMILES string of the molecule is CC.C[C@@H]1CCCN[C@@H]1CN1C(=O)c2ccccc2C1=O.[HH]. The van der Waals surface area contributed by atoms with E-state index in [1.54, 1.807) is 24.3 Å². The third-order valence-corrected chi connectivity index (χ3v) is 4.19. The molecule has 1 N–H and O–H groups in total. The van der Waals surface area contributed by atoms with Crippen LogP contribution >= 0.6 is 0 Å². The van der Waals surface area contributed by atoms with Crippen molar-refractivity contribution < 1.29 is 11.0 Å². The second kappa shape index (κ2) is 6.85. The van der Waals surface area contributed by atoms with E-state index in [1.165, 1.54) is 11.3 Å². The van der Waals surface area contributed by atoms with Crippen LogP contribution in [0.1, 0.15) is 55.8 Å². The molecule has 0 unspecified atom stereocenters. The highest BCUT2D eigenvalue weighted by Gasteiger charge is 2.37. The average Bonchev–Trinajstić information content (AvgIpc) is 2.77. The standard InChI is InChI=1S/C15H18N2O2.C2H6.H2/c1-10-5-4-8-16-13(10)9-17-14(18)11-6-2-3-7-12(11)15(17)19;1-2;/h2-3,6-7,10,13,16H,4-5,8-9H2,1H3;1-2H3;1H/t10-,13-;;/m1../s1. The molecule has 2 amide bonds. The molecule has 21 heavy (non-hydrogen) atoms. The fourth-order valence-electron chi connectivity index (χ4n) is 2.96. The predicted molar refractivity (Wildman–Crippen MR) is 85.5 cm³/mol. The van der Waals surface area contributed by atoms with Gasteiger partial charge in [-0.05, 0) is 37.4 Å². The predicted octanol–water partition coefficient (Wildman–Crippen LogP) is 2.94. The van der Waals surface area contributed by atoms with Gasteiger partial charge in [0.25, 0.3) is 11.8 Å². The molecule has 2 aliphatic rings. The van der Waals surface area contributed by atoms with Crippen LogP contribution in [0.4, 0.5) is 0 Å². The average molecular weight is 290 g/mol. The van der Waals surface area contributed by atoms with Gasteiger partial charge in [-0.15, -0.1) is 0 Å². The Morgan fingerprint density at radius 1 is 1.19 bits per heavy atom. The lowest BCUT2D eigenvalue weighted by Crippen LogP contribution is -2.49. The molecule has 116 valence electrons. The Labute approximate surface area is 128 Å². The summed E-state index contributed by atoms with van der Waals surface area (Å²) in [5, 5.41) is 3.42. The molecule has 1 aromatic carbocycles. The lowest BCUT2D eigenvalue weighted by molar-refractivity contribution is 0.0619. The van der Waals surface area contributed by atoms with Gasteiger partial charge in [-0.2, -0.15) is 0 Å². The fourth-order valence-corrected chi connectivity index (χ4v) is 2.96. The zero-order valence-electron chi connectivity index (χ0n) is 13.1. The summed E-state index contributed by atoms with van der Waals surface area (Å²) >= 11 is 0. The van der Waals surface area contributed by atoms with Crippen LogP contribution in [0.25, 0.3) is 0 Å². The Kier molecular flexibility index (Phi) is 5.12. The Bertz CT molecular complexity index is 498. The van der Waals surface area contributed by atoms with Crippen molar-refractivity contribution in [2.45, 2.75) is 39.7 Å². The van der Waals surface area contributed by atoms with E-state index in [9.17, 15) is 9.59 Å². The van der Waals surface area contributed by atoms with Gasteiger partial charge in [0.1, 0.15) is 0 Å². The summed E-state index contributed by atoms with van der Waals surface area (Å²) in [6.07, 6.45) is 2.32. The number of amides is 2. The Hall–Kier alpha value is -1.68. The van der Waals surface area contributed by atoms with E-state index in [0.29, 0.717) is 23.6 Å². The van der Waals surface area contributed by atoms with Crippen LogP contribution in [0.5, 0.6) is 0 Å². The monoisotopic (exact) mass is 290 g/mol. The Balaban J connectivity index is 0.000000775. The van der Waals surface area contributed by atoms with E-state index in [0.717, 1.165) is 13.0 Å². The number of carbonyl (C=O) groups excluding carboxylic acids is 2. The molecule has 1 fully saturated rings. The van der Waals surface area contributed by atoms with Crippen molar-refractivity contribution in [3.05, 3.63) is 35.4 Å². The maximum atomic E-state index is 12.3. The van der Waals surface area contributed by atoms with E-state index in [2.05, 4.69) is 12.2 Å². The van der Waals surface area contributed by atoms with Crippen LogP contribution in [0.3, 0.4) is 0 Å². The smallest absolute Gasteiger partial charge is 0.261 e. The molecule has 0 radical (unpaired) electrons. The molecule has 1 aromatic rings. The van der Waals surface area contributed by atoms with Crippen molar-refractivity contribution in [3.63, 3.8) is 0 Å². The second-order valence-electron chi connectivity index (χ2n) is 5.45. The summed E-state index contributed by atoms with van der Waals surface area (Å²) in [6.45, 7) is 7.63. The van der Waals surface area contributed by atoms with Crippen LogP contribution in [0.2, 0.25) is 0 Å². The van der Waals surface area contributed by atoms with Crippen LogP contribution in [0.15, 0.2) is 24.3 Å². The maximum Gasteiger partial charge on any atom is 0.261 e. The normalized spacial score (nSPS) is 24.4. The fraction of sp³-hybridized carbons (Fsp3) is 0.529. The Morgan fingerprint density at radius 2 is 1.76 bits per heavy atom. The first kappa shape index (κ1) is 15.7. The van der Waals surface area contributed by atoms with E-state index in [1.807, 2.05) is 13.8 Å². The molecule has 0 bridgehead atoms. The molecule has 4 heteroatoms. The second-order valence-corrected chi connectivity index (χ2v) is 5.45. The molecule has 3 rings (SSSR count). The summed E-state index contributed by atoms with van der Waals surface area (Å²) in [4.78, 5) is 25.9. The van der Waals surface area contributed by atoms with E-state index in [-0.39, 0.29) is 19.3 Å². The molecule has 1 saturated heterocycles. The highest BCUT2D eigenvalue weighted by Crippen LogP contribution is 2.24. The molecule has 0 spiro atoms. The maximum absolute atomic E-state index is 12.3. The molecule has 0 aliphatic carbocycles. The number of imide groups is 1. The molecule has 0 aromatic heterocycles. The van der Waals surface area contributed by atoms with Gasteiger partial charge >= 0.3 is 0 Å². The number of hydrogen-bond acceptors (Lipinski definition) is 3. The van der Waals surface area contributed by atoms with Crippen molar-refractivity contribution >= 4 is 11.8 Å². The minimum absolute atomic E-state index is 0. The zero-order chi connectivity index (χ0) is 15.4. The van der Waals surface area contributed by atoms with E-state index in [4.69, 9.17) is 0 Å². The Morgan fingerprint density at radius 3 is 2.29 bits per heavy atom. The summed E-state index contributed by atoms with van der Waals surface area (Å²) < 4.78 is 0. The molecule has 2 aliphatic heterocycles. The molecule has 4 nitrogen and oxygen atoms in total. The summed E-state index contributed by atoms with van der Waals surface area (Å²) in [6, 6.07) is 7.28. The molecule has 0 saturated carbocycles. The largest absolute Gasteiger partial charge is 0.312 e. The molecular formula is C17H26N2O2. The first-order valence-corrected chi connectivity index (χ1v) is 7.87. The number of carbonyl (C=O) groups is 2. The van der Waals surface area contributed by atoms with Gasteiger partial charge in [-0.3, -0.25) is 14.5 Å². The number of benzene rings is 1. The van der Waals surface area contributed by atoms with Gasteiger partial charge < -0.3 is 5.32 Å². The summed E-state index contributed by atoms with van der Waals surface area (Å²) in [5.74, 6) is 0.193.